The summed E-state index contributed by atoms with van der Waals surface area (Å²) < 4.78 is 1.86. The second-order valence-electron chi connectivity index (χ2n) is 5.13. The Morgan fingerprint density at radius 1 is 1.59 bits per heavy atom. The summed E-state index contributed by atoms with van der Waals surface area (Å²) in [6, 6.07) is 0.703. The van der Waals surface area contributed by atoms with Gasteiger partial charge in [-0.25, -0.2) is 0 Å². The highest BCUT2D eigenvalue weighted by Crippen LogP contribution is 2.15. The lowest BCUT2D eigenvalue weighted by Gasteiger charge is -2.23. The molecule has 1 aromatic rings. The molecule has 3 heteroatoms. The third-order valence-corrected chi connectivity index (χ3v) is 3.43. The molecule has 1 fully saturated rings. The van der Waals surface area contributed by atoms with E-state index in [0.717, 1.165) is 6.42 Å². The normalized spacial score (nSPS) is 21.8. The summed E-state index contributed by atoms with van der Waals surface area (Å²) in [6.45, 7) is 3.44. The highest BCUT2D eigenvalue weighted by Gasteiger charge is 2.12. The minimum Gasteiger partial charge on any atom is -0.314 e. The Labute approximate surface area is 104 Å². The Balaban J connectivity index is 1.80. The first-order valence-corrected chi connectivity index (χ1v) is 6.60. The largest absolute Gasteiger partial charge is 0.314 e. The van der Waals surface area contributed by atoms with E-state index < -0.39 is 0 Å². The van der Waals surface area contributed by atoms with Crippen LogP contribution >= 0.6 is 0 Å². The molecule has 2 rings (SSSR count). The van der Waals surface area contributed by atoms with Gasteiger partial charge in [-0.05, 0) is 44.7 Å². The van der Waals surface area contributed by atoms with Crippen LogP contribution < -0.4 is 5.32 Å². The van der Waals surface area contributed by atoms with Crippen molar-refractivity contribution in [2.75, 3.05) is 6.54 Å². The van der Waals surface area contributed by atoms with Crippen LogP contribution in [0.2, 0.25) is 0 Å². The minimum absolute atomic E-state index is 0.703. The van der Waals surface area contributed by atoms with Gasteiger partial charge in [-0.2, -0.15) is 5.10 Å². The molecule has 1 saturated heterocycles. The third kappa shape index (κ3) is 4.00. The number of nitrogens with zero attached hydrogens (tertiary/aromatic N) is 2. The summed E-state index contributed by atoms with van der Waals surface area (Å²) in [5.41, 5.74) is 2.79. The Kier molecular flexibility index (Phi) is 4.37. The van der Waals surface area contributed by atoms with Crippen LogP contribution in [0.5, 0.6) is 0 Å². The smallest absolute Gasteiger partial charge is 0.0524 e. The zero-order valence-electron chi connectivity index (χ0n) is 10.9. The number of hydrogen-bond donors (Lipinski definition) is 1. The van der Waals surface area contributed by atoms with Crippen molar-refractivity contribution in [1.82, 2.24) is 15.1 Å². The number of aryl methyl sites for hydroxylation is 1. The topological polar surface area (TPSA) is 29.9 Å². The van der Waals surface area contributed by atoms with E-state index in [-0.39, 0.29) is 0 Å². The van der Waals surface area contributed by atoms with E-state index in [9.17, 15) is 0 Å². The summed E-state index contributed by atoms with van der Waals surface area (Å²) in [6.07, 6.45) is 12.6. The first-order chi connectivity index (χ1) is 8.24. The minimum atomic E-state index is 0.703. The van der Waals surface area contributed by atoms with E-state index in [0.29, 0.717) is 6.04 Å². The average Bonchev–Trinajstić information content (AvgIpc) is 2.74. The molecule has 0 spiro atoms. The van der Waals surface area contributed by atoms with E-state index in [1.165, 1.54) is 43.4 Å². The number of hydrogen-bond acceptors (Lipinski definition) is 2. The summed E-state index contributed by atoms with van der Waals surface area (Å²) >= 11 is 0. The lowest BCUT2D eigenvalue weighted by molar-refractivity contribution is 0.398. The fourth-order valence-corrected chi connectivity index (χ4v) is 2.44. The second-order valence-corrected chi connectivity index (χ2v) is 5.13. The van der Waals surface area contributed by atoms with E-state index in [2.05, 4.69) is 29.6 Å². The van der Waals surface area contributed by atoms with Crippen molar-refractivity contribution in [3.8, 4) is 0 Å². The van der Waals surface area contributed by atoms with Gasteiger partial charge < -0.3 is 5.32 Å². The van der Waals surface area contributed by atoms with Gasteiger partial charge in [0.2, 0.25) is 0 Å². The first-order valence-electron chi connectivity index (χ1n) is 6.60. The van der Waals surface area contributed by atoms with E-state index in [1.54, 1.807) is 0 Å². The molecule has 1 aromatic heterocycles. The van der Waals surface area contributed by atoms with Gasteiger partial charge in [-0.3, -0.25) is 4.68 Å². The Morgan fingerprint density at radius 2 is 2.47 bits per heavy atom. The van der Waals surface area contributed by atoms with E-state index >= 15 is 0 Å². The van der Waals surface area contributed by atoms with E-state index in [4.69, 9.17) is 0 Å². The highest BCUT2D eigenvalue weighted by atomic mass is 15.2. The molecular weight excluding hydrogens is 210 g/mol. The number of nitrogens with one attached hydrogen (secondary N) is 1. The van der Waals surface area contributed by atoms with Crippen LogP contribution in [0, 0.1) is 0 Å². The van der Waals surface area contributed by atoms with Crippen molar-refractivity contribution in [2.45, 2.75) is 45.1 Å². The summed E-state index contributed by atoms with van der Waals surface area (Å²) in [5.74, 6) is 0. The lowest BCUT2D eigenvalue weighted by Crippen LogP contribution is -2.33. The van der Waals surface area contributed by atoms with Gasteiger partial charge in [0.15, 0.2) is 0 Å². The maximum atomic E-state index is 4.19. The maximum absolute atomic E-state index is 4.19. The average molecular weight is 233 g/mol. The molecule has 0 saturated carbocycles. The van der Waals surface area contributed by atoms with Crippen molar-refractivity contribution >= 4 is 0 Å². The van der Waals surface area contributed by atoms with Crippen LogP contribution in [-0.4, -0.2) is 22.4 Å². The van der Waals surface area contributed by atoms with Crippen LogP contribution in [0.25, 0.3) is 0 Å². The highest BCUT2D eigenvalue weighted by molar-refractivity contribution is 5.12. The first kappa shape index (κ1) is 12.4. The molecule has 0 aromatic carbocycles. The molecule has 2 heterocycles. The molecule has 0 amide bonds. The molecule has 0 bridgehead atoms. The predicted octanol–water partition coefficient (Wildman–Crippen LogP) is 2.44. The van der Waals surface area contributed by atoms with Gasteiger partial charge in [0.1, 0.15) is 0 Å². The molecule has 1 atom stereocenters. The molecule has 1 aliphatic heterocycles. The Bertz CT molecular complexity index is 373. The number of rotatable bonds is 4. The SMILES string of the molecule is CC(=CCc1cnn(C)c1)CC1CCCCN1. The second kappa shape index (κ2) is 6.01. The maximum Gasteiger partial charge on any atom is 0.0524 e. The van der Waals surface area contributed by atoms with Gasteiger partial charge in [0.05, 0.1) is 6.20 Å². The molecule has 94 valence electrons. The van der Waals surface area contributed by atoms with Gasteiger partial charge in [0.25, 0.3) is 0 Å². The summed E-state index contributed by atoms with van der Waals surface area (Å²) in [4.78, 5) is 0. The molecule has 1 aliphatic rings. The van der Waals surface area contributed by atoms with Crippen molar-refractivity contribution in [3.05, 3.63) is 29.6 Å². The van der Waals surface area contributed by atoms with Crippen molar-refractivity contribution in [3.63, 3.8) is 0 Å². The molecule has 1 unspecified atom stereocenters. The summed E-state index contributed by atoms with van der Waals surface area (Å²) in [5, 5.41) is 7.78. The summed E-state index contributed by atoms with van der Waals surface area (Å²) in [7, 11) is 1.96. The lowest BCUT2D eigenvalue weighted by atomic mass is 9.98. The van der Waals surface area contributed by atoms with Crippen LogP contribution in [0.3, 0.4) is 0 Å². The Hall–Kier alpha value is -1.09. The van der Waals surface area contributed by atoms with Gasteiger partial charge in [0, 0.05) is 19.3 Å². The van der Waals surface area contributed by atoms with Crippen LogP contribution in [0.1, 0.15) is 38.2 Å². The fourth-order valence-electron chi connectivity index (χ4n) is 2.44. The fraction of sp³-hybridized carbons (Fsp3) is 0.643. The number of allylic oxidation sites excluding steroid dienone is 1. The zero-order chi connectivity index (χ0) is 12.1. The molecule has 0 aliphatic carbocycles. The van der Waals surface area contributed by atoms with E-state index in [1.807, 2.05) is 17.9 Å². The number of piperidine rings is 1. The zero-order valence-corrected chi connectivity index (χ0v) is 10.9. The van der Waals surface area contributed by atoms with Gasteiger partial charge in [-0.1, -0.05) is 18.1 Å². The van der Waals surface area contributed by atoms with Crippen molar-refractivity contribution < 1.29 is 0 Å². The number of aromatic nitrogens is 2. The molecule has 3 nitrogen and oxygen atoms in total. The van der Waals surface area contributed by atoms with Crippen LogP contribution in [0.15, 0.2) is 24.0 Å². The van der Waals surface area contributed by atoms with Crippen LogP contribution in [0.4, 0.5) is 0 Å². The van der Waals surface area contributed by atoms with Crippen molar-refractivity contribution in [2.24, 2.45) is 7.05 Å². The quantitative estimate of drug-likeness (QED) is 0.810. The standard InChI is InChI=1S/C14H23N3/c1-12(9-14-5-3-4-8-15-14)6-7-13-10-16-17(2)11-13/h6,10-11,14-15H,3-5,7-9H2,1-2H3. The molecular formula is C14H23N3. The van der Waals surface area contributed by atoms with Crippen molar-refractivity contribution in [1.29, 1.82) is 0 Å². The third-order valence-electron chi connectivity index (χ3n) is 3.43. The molecule has 1 N–H and O–H groups in total. The molecule has 0 radical (unpaired) electrons. The van der Waals surface area contributed by atoms with Gasteiger partial charge >= 0.3 is 0 Å². The molecule has 17 heavy (non-hydrogen) atoms. The monoisotopic (exact) mass is 233 g/mol. The van der Waals surface area contributed by atoms with Gasteiger partial charge in [-0.15, -0.1) is 0 Å². The predicted molar refractivity (Wildman–Crippen MR) is 70.9 cm³/mol. The van der Waals surface area contributed by atoms with Crippen LogP contribution in [-0.2, 0) is 13.5 Å². The Morgan fingerprint density at radius 3 is 3.12 bits per heavy atom.